The van der Waals surface area contributed by atoms with Crippen LogP contribution in [0.4, 0.5) is 26.3 Å². The van der Waals surface area contributed by atoms with Crippen LogP contribution in [-0.4, -0.2) is 34.0 Å². The molecule has 1 amide bonds. The number of hydrogen-bond donors (Lipinski definition) is 1. The van der Waals surface area contributed by atoms with Crippen LogP contribution in [-0.2, 0) is 38.6 Å². The highest BCUT2D eigenvalue weighted by Crippen LogP contribution is 2.32. The Kier molecular flexibility index (Phi) is 7.43. The van der Waals surface area contributed by atoms with E-state index < -0.39 is 71.2 Å². The molecule has 198 valence electrons. The Morgan fingerprint density at radius 3 is 2.00 bits per heavy atom. The van der Waals surface area contributed by atoms with Crippen LogP contribution in [0, 0.1) is 0 Å². The van der Waals surface area contributed by atoms with Crippen molar-refractivity contribution in [2.45, 2.75) is 33.7 Å². The lowest BCUT2D eigenvalue weighted by molar-refractivity contribution is -0.141. The minimum atomic E-state index is -5.04. The Morgan fingerprint density at radius 1 is 0.838 bits per heavy atom. The van der Waals surface area contributed by atoms with Crippen LogP contribution in [0.5, 0.6) is 0 Å². The van der Waals surface area contributed by atoms with Gasteiger partial charge >= 0.3 is 12.4 Å². The van der Waals surface area contributed by atoms with Crippen molar-refractivity contribution in [3.05, 3.63) is 83.0 Å². The molecule has 37 heavy (non-hydrogen) atoms. The highest BCUT2D eigenvalue weighted by molar-refractivity contribution is 7.91. The molecule has 15 heteroatoms. The fraction of sp³-hybridized carbons (Fsp3) is 0.182. The Hall–Kier alpha value is -3.46. The van der Waals surface area contributed by atoms with E-state index in [0.717, 1.165) is 24.3 Å². The van der Waals surface area contributed by atoms with Crippen LogP contribution in [0.3, 0.4) is 0 Å². The number of alkyl halides is 6. The largest absolute Gasteiger partial charge is 0.433 e. The third-order valence-electron chi connectivity index (χ3n) is 4.87. The van der Waals surface area contributed by atoms with Crippen molar-refractivity contribution in [3.63, 3.8) is 0 Å². The summed E-state index contributed by atoms with van der Waals surface area (Å²) in [5, 5.41) is 1.28. The first-order chi connectivity index (χ1) is 16.9. The van der Waals surface area contributed by atoms with Gasteiger partial charge in [-0.05, 0) is 48.0 Å². The molecule has 7 nitrogen and oxygen atoms in total. The lowest BCUT2D eigenvalue weighted by atomic mass is 10.2. The zero-order valence-corrected chi connectivity index (χ0v) is 20.2. The molecule has 0 aliphatic carbocycles. The first kappa shape index (κ1) is 28.1. The van der Waals surface area contributed by atoms with Gasteiger partial charge in [0.25, 0.3) is 5.91 Å². The zero-order chi connectivity index (χ0) is 27.8. The standard InChI is InChI=1S/C22H16F6N2O5S2/c1-36(32,33)19-10-14(9-18(30-19)22(26,27)28)20(31)29-12-13-4-2-6-16(8-13)37(34,35)17-7-3-5-15(11-17)21(23,24)25/h2-11H,12H2,1H3,(H,29,31). The number of sulfone groups is 2. The quantitative estimate of drug-likeness (QED) is 0.446. The number of carbonyl (C=O) groups excluding carboxylic acids is 1. The molecular formula is C22H16F6N2O5S2. The molecule has 3 aromatic rings. The average Bonchev–Trinajstić information content (AvgIpc) is 2.81. The van der Waals surface area contributed by atoms with Gasteiger partial charge in [-0.2, -0.15) is 26.3 Å². The summed E-state index contributed by atoms with van der Waals surface area (Å²) in [5.74, 6) is -1.11. The molecule has 0 spiro atoms. The van der Waals surface area contributed by atoms with Crippen molar-refractivity contribution in [2.24, 2.45) is 0 Å². The molecule has 3 rings (SSSR count). The molecule has 0 fully saturated rings. The van der Waals surface area contributed by atoms with E-state index in [1.165, 1.54) is 12.1 Å². The number of halogens is 6. The van der Waals surface area contributed by atoms with Crippen molar-refractivity contribution < 1.29 is 48.0 Å². The number of carbonyl (C=O) groups is 1. The van der Waals surface area contributed by atoms with E-state index in [1.54, 1.807) is 0 Å². The van der Waals surface area contributed by atoms with Crippen molar-refractivity contribution in [2.75, 3.05) is 6.26 Å². The number of rotatable bonds is 6. The van der Waals surface area contributed by atoms with Crippen LogP contribution in [0.25, 0.3) is 0 Å². The SMILES string of the molecule is CS(=O)(=O)c1cc(C(=O)NCc2cccc(S(=O)(=O)c3cccc(C(F)(F)F)c3)c2)cc(C(F)(F)F)n1. The van der Waals surface area contributed by atoms with Gasteiger partial charge in [0.1, 0.15) is 5.69 Å². The van der Waals surface area contributed by atoms with Crippen LogP contribution in [0.1, 0.15) is 27.2 Å². The van der Waals surface area contributed by atoms with Gasteiger partial charge in [0.15, 0.2) is 14.9 Å². The van der Waals surface area contributed by atoms with Gasteiger partial charge in [-0.15, -0.1) is 0 Å². The van der Waals surface area contributed by atoms with Gasteiger partial charge in [0.05, 0.1) is 15.4 Å². The molecule has 0 unspecified atom stereocenters. The van der Waals surface area contributed by atoms with Crippen molar-refractivity contribution in [3.8, 4) is 0 Å². The number of benzene rings is 2. The summed E-state index contributed by atoms with van der Waals surface area (Å²) in [4.78, 5) is 14.5. The van der Waals surface area contributed by atoms with Gasteiger partial charge in [-0.1, -0.05) is 18.2 Å². The van der Waals surface area contributed by atoms with E-state index in [4.69, 9.17) is 0 Å². The zero-order valence-electron chi connectivity index (χ0n) is 18.6. The molecule has 0 bridgehead atoms. The highest BCUT2D eigenvalue weighted by Gasteiger charge is 2.35. The minimum Gasteiger partial charge on any atom is -0.348 e. The van der Waals surface area contributed by atoms with E-state index in [-0.39, 0.29) is 10.5 Å². The van der Waals surface area contributed by atoms with Crippen LogP contribution in [0.15, 0.2) is 75.5 Å². The molecule has 0 atom stereocenters. The smallest absolute Gasteiger partial charge is 0.348 e. The summed E-state index contributed by atoms with van der Waals surface area (Å²) < 4.78 is 127. The van der Waals surface area contributed by atoms with Crippen molar-refractivity contribution in [1.29, 1.82) is 0 Å². The molecule has 0 saturated heterocycles. The summed E-state index contributed by atoms with van der Waals surface area (Å²) in [6, 6.07) is 8.96. The third-order valence-corrected chi connectivity index (χ3v) is 7.59. The van der Waals surface area contributed by atoms with Gasteiger partial charge in [-0.25, -0.2) is 21.8 Å². The number of pyridine rings is 1. The number of nitrogens with one attached hydrogen (secondary N) is 1. The number of amides is 1. The highest BCUT2D eigenvalue weighted by atomic mass is 32.2. The first-order valence-corrected chi connectivity index (χ1v) is 13.4. The Bertz CT molecular complexity index is 1570. The molecule has 1 aromatic heterocycles. The van der Waals surface area contributed by atoms with E-state index >= 15 is 0 Å². The lowest BCUT2D eigenvalue weighted by Crippen LogP contribution is -2.24. The second-order valence-electron chi connectivity index (χ2n) is 7.71. The number of aromatic nitrogens is 1. The summed E-state index contributed by atoms with van der Waals surface area (Å²) in [5.41, 5.74) is -3.28. The summed E-state index contributed by atoms with van der Waals surface area (Å²) in [6.07, 6.45) is -9.19. The number of hydrogen-bond acceptors (Lipinski definition) is 6. The molecule has 0 radical (unpaired) electrons. The van der Waals surface area contributed by atoms with E-state index in [1.807, 2.05) is 0 Å². The first-order valence-electron chi connectivity index (χ1n) is 9.98. The van der Waals surface area contributed by atoms with Crippen LogP contribution >= 0.6 is 0 Å². The maximum Gasteiger partial charge on any atom is 0.433 e. The van der Waals surface area contributed by atoms with E-state index in [9.17, 15) is 48.0 Å². The van der Waals surface area contributed by atoms with E-state index in [0.29, 0.717) is 30.5 Å². The molecule has 1 heterocycles. The topological polar surface area (TPSA) is 110 Å². The van der Waals surface area contributed by atoms with Gasteiger partial charge in [-0.3, -0.25) is 4.79 Å². The van der Waals surface area contributed by atoms with Crippen LogP contribution in [0.2, 0.25) is 0 Å². The average molecular weight is 567 g/mol. The van der Waals surface area contributed by atoms with Crippen molar-refractivity contribution >= 4 is 25.6 Å². The molecular weight excluding hydrogens is 550 g/mol. The normalized spacial score (nSPS) is 12.8. The van der Waals surface area contributed by atoms with Gasteiger partial charge in [0, 0.05) is 18.4 Å². The maximum atomic E-state index is 13.1. The molecule has 2 aromatic carbocycles. The predicted octanol–water partition coefficient (Wildman–Crippen LogP) is 4.29. The van der Waals surface area contributed by atoms with Crippen molar-refractivity contribution in [1.82, 2.24) is 10.3 Å². The summed E-state index contributed by atoms with van der Waals surface area (Å²) in [7, 11) is -8.59. The third kappa shape index (κ3) is 6.65. The predicted molar refractivity (Wildman–Crippen MR) is 117 cm³/mol. The Balaban J connectivity index is 1.87. The second kappa shape index (κ2) is 9.78. The molecule has 0 aliphatic rings. The van der Waals surface area contributed by atoms with Gasteiger partial charge in [0.2, 0.25) is 9.84 Å². The maximum absolute atomic E-state index is 13.1. The lowest BCUT2D eigenvalue weighted by Gasteiger charge is -2.12. The Morgan fingerprint density at radius 2 is 1.43 bits per heavy atom. The molecule has 0 aliphatic heterocycles. The van der Waals surface area contributed by atoms with Crippen LogP contribution < -0.4 is 5.32 Å². The summed E-state index contributed by atoms with van der Waals surface area (Å²) in [6.45, 7) is -0.400. The van der Waals surface area contributed by atoms with Gasteiger partial charge < -0.3 is 5.32 Å². The Labute approximate surface area is 207 Å². The monoisotopic (exact) mass is 566 g/mol. The number of nitrogens with zero attached hydrogens (tertiary/aromatic N) is 1. The molecule has 0 saturated carbocycles. The van der Waals surface area contributed by atoms with E-state index in [2.05, 4.69) is 10.3 Å². The fourth-order valence-corrected chi connectivity index (χ4v) is 5.04. The summed E-state index contributed by atoms with van der Waals surface area (Å²) >= 11 is 0. The fourth-order valence-electron chi connectivity index (χ4n) is 3.05. The molecule has 1 N–H and O–H groups in total. The minimum absolute atomic E-state index is 0.148. The second-order valence-corrected chi connectivity index (χ2v) is 11.6.